The lowest BCUT2D eigenvalue weighted by Crippen LogP contribution is -2.28. The van der Waals surface area contributed by atoms with E-state index in [0.717, 1.165) is 29.1 Å². The number of anilines is 3. The van der Waals surface area contributed by atoms with Gasteiger partial charge in [-0.2, -0.15) is 0 Å². The van der Waals surface area contributed by atoms with Gasteiger partial charge in [-0.25, -0.2) is 4.39 Å². The highest BCUT2D eigenvalue weighted by Crippen LogP contribution is 2.30. The average Bonchev–Trinajstić information content (AvgIpc) is 3.24. The predicted molar refractivity (Wildman–Crippen MR) is 136 cm³/mol. The van der Waals surface area contributed by atoms with E-state index >= 15 is 0 Å². The molecule has 1 fully saturated rings. The van der Waals surface area contributed by atoms with Crippen LogP contribution in [0.3, 0.4) is 0 Å². The lowest BCUT2D eigenvalue weighted by Gasteiger charge is -2.22. The largest absolute Gasteiger partial charge is 0.370 e. The molecular formula is C25H24ClFN4OS. The van der Waals surface area contributed by atoms with Crippen molar-refractivity contribution in [3.8, 4) is 0 Å². The molecule has 1 saturated heterocycles. The summed E-state index contributed by atoms with van der Waals surface area (Å²) in [5, 5.41) is 6.49. The molecule has 8 heteroatoms. The van der Waals surface area contributed by atoms with Gasteiger partial charge in [-0.3, -0.25) is 4.79 Å². The number of hydrogen-bond donors (Lipinski definition) is 3. The Morgan fingerprint density at radius 3 is 2.64 bits per heavy atom. The molecule has 33 heavy (non-hydrogen) atoms. The lowest BCUT2D eigenvalue weighted by molar-refractivity contribution is -0.117. The van der Waals surface area contributed by atoms with Gasteiger partial charge in [0.2, 0.25) is 0 Å². The van der Waals surface area contributed by atoms with Crippen LogP contribution in [-0.4, -0.2) is 17.4 Å². The molecule has 5 nitrogen and oxygen atoms in total. The molecule has 0 saturated carbocycles. The average molecular weight is 483 g/mol. The van der Waals surface area contributed by atoms with Crippen molar-refractivity contribution in [2.24, 2.45) is 5.73 Å². The number of carbonyl (C=O) groups is 1. The van der Waals surface area contributed by atoms with Gasteiger partial charge < -0.3 is 21.3 Å². The molecule has 1 amide bonds. The molecule has 0 aromatic heterocycles. The highest BCUT2D eigenvalue weighted by atomic mass is 35.5. The van der Waals surface area contributed by atoms with Gasteiger partial charge in [0.25, 0.3) is 5.91 Å². The lowest BCUT2D eigenvalue weighted by atomic mass is 10.0. The summed E-state index contributed by atoms with van der Waals surface area (Å²) in [5.41, 5.74) is 8.78. The second-order valence-electron chi connectivity index (χ2n) is 7.81. The van der Waals surface area contributed by atoms with Gasteiger partial charge in [0.1, 0.15) is 11.9 Å². The number of thiocarbonyl (C=S) groups is 1. The Labute approximate surface area is 202 Å². The monoisotopic (exact) mass is 482 g/mol. The zero-order valence-corrected chi connectivity index (χ0v) is 19.4. The first kappa shape index (κ1) is 23.2. The Morgan fingerprint density at radius 1 is 1.12 bits per heavy atom. The second-order valence-corrected chi connectivity index (χ2v) is 8.69. The number of hydrogen-bond acceptors (Lipinski definition) is 4. The van der Waals surface area contributed by atoms with E-state index in [9.17, 15) is 9.18 Å². The van der Waals surface area contributed by atoms with E-state index in [4.69, 9.17) is 29.6 Å². The van der Waals surface area contributed by atoms with Gasteiger partial charge in [0.15, 0.2) is 0 Å². The van der Waals surface area contributed by atoms with E-state index in [1.54, 1.807) is 35.2 Å². The minimum Gasteiger partial charge on any atom is -0.370 e. The molecule has 4 N–H and O–H groups in total. The van der Waals surface area contributed by atoms with Crippen LogP contribution in [0.5, 0.6) is 0 Å². The number of carbonyl (C=O) groups excluding carboxylic acids is 1. The predicted octanol–water partition coefficient (Wildman–Crippen LogP) is 5.66. The van der Waals surface area contributed by atoms with Crippen molar-refractivity contribution in [3.63, 3.8) is 0 Å². The summed E-state index contributed by atoms with van der Waals surface area (Å²) < 4.78 is 14.8. The van der Waals surface area contributed by atoms with Crippen LogP contribution in [0.2, 0.25) is 5.02 Å². The third-order valence-corrected chi connectivity index (χ3v) is 6.30. The fourth-order valence-corrected chi connectivity index (χ4v) is 4.45. The molecular weight excluding hydrogens is 459 g/mol. The van der Waals surface area contributed by atoms with Gasteiger partial charge in [-0.1, -0.05) is 54.2 Å². The van der Waals surface area contributed by atoms with Crippen LogP contribution in [0.4, 0.5) is 21.5 Å². The van der Waals surface area contributed by atoms with Crippen molar-refractivity contribution in [2.75, 3.05) is 22.1 Å². The van der Waals surface area contributed by atoms with Crippen molar-refractivity contribution in [3.05, 3.63) is 88.7 Å². The van der Waals surface area contributed by atoms with E-state index in [-0.39, 0.29) is 5.91 Å². The van der Waals surface area contributed by atoms with Crippen molar-refractivity contribution in [1.82, 2.24) is 0 Å². The molecule has 1 aliphatic heterocycles. The molecule has 1 atom stereocenters. The van der Waals surface area contributed by atoms with Crippen molar-refractivity contribution < 1.29 is 9.18 Å². The first-order chi connectivity index (χ1) is 16.0. The number of benzene rings is 3. The third kappa shape index (κ3) is 5.33. The van der Waals surface area contributed by atoms with E-state index in [1.807, 2.05) is 30.3 Å². The van der Waals surface area contributed by atoms with Gasteiger partial charge in [0.05, 0.1) is 10.7 Å². The standard InChI is InChI=1S/C25H24ClFN4OS/c26-20-8-2-1-7-19(20)24(29-17-6-3-5-16(13-17)15-28)25(32)30-18-10-11-22(21(27)14-18)31-12-4-9-23(31)33/h1-3,5-8,10-11,13-14,24,29H,4,9,12,15,28H2,(H,30,32). The molecule has 1 unspecified atom stereocenters. The smallest absolute Gasteiger partial charge is 0.251 e. The molecule has 3 aromatic carbocycles. The number of nitrogens with one attached hydrogen (secondary N) is 2. The van der Waals surface area contributed by atoms with Crippen LogP contribution in [0.25, 0.3) is 0 Å². The molecule has 0 aliphatic carbocycles. The van der Waals surface area contributed by atoms with Gasteiger partial charge in [-0.05, 0) is 54.8 Å². The van der Waals surface area contributed by atoms with Crippen molar-refractivity contribution in [1.29, 1.82) is 0 Å². The normalized spacial score (nSPS) is 14.3. The van der Waals surface area contributed by atoms with Crippen LogP contribution in [0.1, 0.15) is 30.0 Å². The minimum absolute atomic E-state index is 0.348. The molecule has 1 heterocycles. The van der Waals surface area contributed by atoms with Crippen LogP contribution in [0, 0.1) is 5.82 Å². The number of halogens is 2. The summed E-state index contributed by atoms with van der Waals surface area (Å²) >= 11 is 11.7. The Hall–Kier alpha value is -3.00. The maximum atomic E-state index is 14.8. The van der Waals surface area contributed by atoms with Crippen LogP contribution < -0.4 is 21.3 Å². The molecule has 3 aromatic rings. The molecule has 4 rings (SSSR count). The zero-order valence-electron chi connectivity index (χ0n) is 17.9. The SMILES string of the molecule is NCc1cccc(NC(C(=O)Nc2ccc(N3CCCC3=S)c(F)c2)c2ccccc2Cl)c1. The maximum absolute atomic E-state index is 14.8. The fourth-order valence-electron chi connectivity index (χ4n) is 3.87. The summed E-state index contributed by atoms with van der Waals surface area (Å²) in [4.78, 5) is 15.8. The number of amides is 1. The molecule has 170 valence electrons. The van der Waals surface area contributed by atoms with Gasteiger partial charge in [0, 0.05) is 35.1 Å². The first-order valence-corrected chi connectivity index (χ1v) is 11.5. The minimum atomic E-state index is -0.805. The van der Waals surface area contributed by atoms with Crippen LogP contribution >= 0.6 is 23.8 Å². The van der Waals surface area contributed by atoms with Gasteiger partial charge >= 0.3 is 0 Å². The Morgan fingerprint density at radius 2 is 1.94 bits per heavy atom. The number of nitrogens with zero attached hydrogens (tertiary/aromatic N) is 1. The highest BCUT2D eigenvalue weighted by Gasteiger charge is 2.25. The quantitative estimate of drug-likeness (QED) is 0.379. The molecule has 0 spiro atoms. The fraction of sp³-hybridized carbons (Fsp3) is 0.200. The second kappa shape index (κ2) is 10.3. The Bertz CT molecular complexity index is 1190. The summed E-state index contributed by atoms with van der Waals surface area (Å²) in [7, 11) is 0. The zero-order chi connectivity index (χ0) is 23.4. The topological polar surface area (TPSA) is 70.4 Å². The van der Waals surface area contributed by atoms with E-state index in [0.29, 0.717) is 35.1 Å². The Kier molecular flexibility index (Phi) is 7.23. The summed E-state index contributed by atoms with van der Waals surface area (Å²) in [5.74, 6) is -0.806. The molecule has 0 radical (unpaired) electrons. The first-order valence-electron chi connectivity index (χ1n) is 10.7. The summed E-state index contributed by atoms with van der Waals surface area (Å²) in [6.45, 7) is 1.08. The van der Waals surface area contributed by atoms with E-state index in [2.05, 4.69) is 10.6 Å². The van der Waals surface area contributed by atoms with Crippen molar-refractivity contribution in [2.45, 2.75) is 25.4 Å². The van der Waals surface area contributed by atoms with Crippen LogP contribution in [0.15, 0.2) is 66.7 Å². The highest BCUT2D eigenvalue weighted by molar-refractivity contribution is 7.80. The van der Waals surface area contributed by atoms with Crippen molar-refractivity contribution >= 4 is 51.8 Å². The number of rotatable bonds is 7. The molecule has 1 aliphatic rings. The molecule has 0 bridgehead atoms. The van der Waals surface area contributed by atoms with Gasteiger partial charge in [-0.15, -0.1) is 0 Å². The van der Waals surface area contributed by atoms with Crippen LogP contribution in [-0.2, 0) is 11.3 Å². The van der Waals surface area contributed by atoms with E-state index < -0.39 is 11.9 Å². The summed E-state index contributed by atoms with van der Waals surface area (Å²) in [6, 6.07) is 18.4. The maximum Gasteiger partial charge on any atom is 0.251 e. The Balaban J connectivity index is 1.59. The summed E-state index contributed by atoms with van der Waals surface area (Å²) in [6.07, 6.45) is 1.69. The third-order valence-electron chi connectivity index (χ3n) is 5.53. The van der Waals surface area contributed by atoms with E-state index in [1.165, 1.54) is 6.07 Å². The number of nitrogens with two attached hydrogens (primary N) is 1.